The van der Waals surface area contributed by atoms with Crippen molar-refractivity contribution in [2.45, 2.75) is 39.2 Å². The molecule has 0 bridgehead atoms. The molecule has 1 saturated carbocycles. The molecule has 0 saturated heterocycles. The van der Waals surface area contributed by atoms with E-state index in [-0.39, 0.29) is 6.10 Å². The lowest BCUT2D eigenvalue weighted by Gasteiger charge is -2.31. The van der Waals surface area contributed by atoms with Crippen molar-refractivity contribution in [3.05, 3.63) is 17.5 Å². The maximum Gasteiger partial charge on any atom is 0.256 e. The first-order valence-electron chi connectivity index (χ1n) is 6.64. The van der Waals surface area contributed by atoms with Crippen molar-refractivity contribution < 1.29 is 4.74 Å². The topological polar surface area (TPSA) is 52.3 Å². The van der Waals surface area contributed by atoms with E-state index in [1.54, 1.807) is 10.6 Å². The molecule has 0 aliphatic heterocycles. The Balaban J connectivity index is 1.86. The van der Waals surface area contributed by atoms with Crippen LogP contribution >= 0.6 is 11.6 Å². The van der Waals surface area contributed by atoms with E-state index in [1.807, 2.05) is 0 Å². The molecule has 2 heterocycles. The molecule has 102 valence electrons. The molecule has 0 N–H and O–H groups in total. The molecule has 2 unspecified atom stereocenters. The van der Waals surface area contributed by atoms with Gasteiger partial charge in [0.2, 0.25) is 5.88 Å². The van der Waals surface area contributed by atoms with Crippen molar-refractivity contribution in [1.82, 2.24) is 19.6 Å². The molecule has 0 spiro atoms. The number of fused-ring (bicyclic) bond motifs is 1. The molecule has 1 aliphatic rings. The smallest absolute Gasteiger partial charge is 0.256 e. The standard InChI is InChI=1S/C13H17ClN4O/c1-8-3-9(2)5-10(4-8)19-12-6-11(14)17-13-15-7-16-18(12)13/h6-10H,3-5H2,1-2H3. The molecule has 0 aromatic carbocycles. The van der Waals surface area contributed by atoms with Crippen LogP contribution < -0.4 is 4.74 Å². The summed E-state index contributed by atoms with van der Waals surface area (Å²) in [4.78, 5) is 8.13. The van der Waals surface area contributed by atoms with Gasteiger partial charge in [0.15, 0.2) is 0 Å². The van der Waals surface area contributed by atoms with Gasteiger partial charge in [0.25, 0.3) is 5.78 Å². The van der Waals surface area contributed by atoms with Gasteiger partial charge in [-0.1, -0.05) is 25.4 Å². The second-order valence-electron chi connectivity index (χ2n) is 5.55. The van der Waals surface area contributed by atoms with Crippen LogP contribution in [0.1, 0.15) is 33.1 Å². The number of hydrogen-bond acceptors (Lipinski definition) is 4. The summed E-state index contributed by atoms with van der Waals surface area (Å²) in [7, 11) is 0. The third kappa shape index (κ3) is 2.66. The minimum atomic E-state index is 0.213. The van der Waals surface area contributed by atoms with Crippen LogP contribution in [-0.4, -0.2) is 25.7 Å². The summed E-state index contributed by atoms with van der Waals surface area (Å²) >= 11 is 5.98. The Morgan fingerprint density at radius 3 is 2.74 bits per heavy atom. The van der Waals surface area contributed by atoms with Gasteiger partial charge in [-0.2, -0.15) is 19.6 Å². The second kappa shape index (κ2) is 4.96. The van der Waals surface area contributed by atoms with E-state index in [2.05, 4.69) is 28.9 Å². The Kier molecular flexibility index (Phi) is 3.31. The molecule has 6 heteroatoms. The highest BCUT2D eigenvalue weighted by atomic mass is 35.5. The molecule has 1 aliphatic carbocycles. The fourth-order valence-electron chi connectivity index (χ4n) is 2.98. The number of rotatable bonds is 2. The van der Waals surface area contributed by atoms with E-state index in [0.29, 0.717) is 28.6 Å². The van der Waals surface area contributed by atoms with Gasteiger partial charge >= 0.3 is 0 Å². The molecule has 2 aromatic heterocycles. The lowest BCUT2D eigenvalue weighted by atomic mass is 9.82. The maximum absolute atomic E-state index is 6.08. The molecular weight excluding hydrogens is 264 g/mol. The molecule has 19 heavy (non-hydrogen) atoms. The molecule has 2 aromatic rings. The number of ether oxygens (including phenoxy) is 1. The molecule has 3 rings (SSSR count). The van der Waals surface area contributed by atoms with Gasteiger partial charge in [0, 0.05) is 6.07 Å². The molecule has 1 fully saturated rings. The summed E-state index contributed by atoms with van der Waals surface area (Å²) in [5, 5.41) is 4.50. The Labute approximate surface area is 117 Å². The number of aromatic nitrogens is 4. The molecule has 0 radical (unpaired) electrons. The van der Waals surface area contributed by atoms with Crippen LogP contribution in [-0.2, 0) is 0 Å². The molecule has 0 amide bonds. The van der Waals surface area contributed by atoms with Crippen LogP contribution in [0.4, 0.5) is 0 Å². The zero-order valence-electron chi connectivity index (χ0n) is 11.1. The maximum atomic E-state index is 6.08. The van der Waals surface area contributed by atoms with Crippen LogP contribution in [0.3, 0.4) is 0 Å². The Morgan fingerprint density at radius 1 is 1.26 bits per heavy atom. The highest BCUT2D eigenvalue weighted by Crippen LogP contribution is 2.31. The van der Waals surface area contributed by atoms with Crippen molar-refractivity contribution in [1.29, 1.82) is 0 Å². The Bertz CT molecular complexity index is 575. The summed E-state index contributed by atoms with van der Waals surface area (Å²) in [6, 6.07) is 1.70. The molecule has 5 nitrogen and oxygen atoms in total. The van der Waals surface area contributed by atoms with Gasteiger partial charge in [-0.25, -0.2) is 0 Å². The average Bonchev–Trinajstić information content (AvgIpc) is 2.75. The van der Waals surface area contributed by atoms with Crippen LogP contribution in [0.15, 0.2) is 12.4 Å². The van der Waals surface area contributed by atoms with E-state index >= 15 is 0 Å². The van der Waals surface area contributed by atoms with Crippen LogP contribution in [0, 0.1) is 11.8 Å². The predicted molar refractivity (Wildman–Crippen MR) is 72.4 cm³/mol. The van der Waals surface area contributed by atoms with Crippen molar-refractivity contribution in [3.8, 4) is 5.88 Å². The van der Waals surface area contributed by atoms with Crippen LogP contribution in [0.25, 0.3) is 5.78 Å². The summed E-state index contributed by atoms with van der Waals surface area (Å²) in [6.45, 7) is 4.55. The predicted octanol–water partition coefficient (Wildman–Crippen LogP) is 2.98. The molecular formula is C13H17ClN4O. The largest absolute Gasteiger partial charge is 0.474 e. The number of halogens is 1. The first kappa shape index (κ1) is 12.7. The fourth-order valence-corrected chi connectivity index (χ4v) is 3.15. The van der Waals surface area contributed by atoms with Gasteiger partial charge in [0.1, 0.15) is 17.6 Å². The third-order valence-corrected chi connectivity index (χ3v) is 3.80. The highest BCUT2D eigenvalue weighted by molar-refractivity contribution is 6.29. The van der Waals surface area contributed by atoms with Crippen LogP contribution in [0.5, 0.6) is 5.88 Å². The van der Waals surface area contributed by atoms with Gasteiger partial charge in [-0.15, -0.1) is 0 Å². The van der Waals surface area contributed by atoms with E-state index in [4.69, 9.17) is 16.3 Å². The monoisotopic (exact) mass is 280 g/mol. The zero-order chi connectivity index (χ0) is 13.4. The first-order valence-corrected chi connectivity index (χ1v) is 7.02. The summed E-state index contributed by atoms with van der Waals surface area (Å²) in [5.74, 6) is 2.48. The van der Waals surface area contributed by atoms with Crippen molar-refractivity contribution in [3.63, 3.8) is 0 Å². The number of nitrogens with zero attached hydrogens (tertiary/aromatic N) is 4. The SMILES string of the molecule is CC1CC(C)CC(Oc2cc(Cl)nc3ncnn23)C1. The Morgan fingerprint density at radius 2 is 2.00 bits per heavy atom. The summed E-state index contributed by atoms with van der Waals surface area (Å²) in [5.41, 5.74) is 0. The van der Waals surface area contributed by atoms with E-state index in [9.17, 15) is 0 Å². The van der Waals surface area contributed by atoms with Gasteiger partial charge in [-0.3, -0.25) is 0 Å². The van der Waals surface area contributed by atoms with E-state index in [1.165, 1.54) is 12.7 Å². The zero-order valence-corrected chi connectivity index (χ0v) is 11.8. The van der Waals surface area contributed by atoms with Crippen molar-refractivity contribution in [2.75, 3.05) is 0 Å². The fraction of sp³-hybridized carbons (Fsp3) is 0.615. The summed E-state index contributed by atoms with van der Waals surface area (Å²) in [6.07, 6.45) is 5.08. The third-order valence-electron chi connectivity index (χ3n) is 3.61. The average molecular weight is 281 g/mol. The number of hydrogen-bond donors (Lipinski definition) is 0. The van der Waals surface area contributed by atoms with Gasteiger partial charge in [0.05, 0.1) is 0 Å². The minimum absolute atomic E-state index is 0.213. The van der Waals surface area contributed by atoms with Gasteiger partial charge in [-0.05, 0) is 31.1 Å². The van der Waals surface area contributed by atoms with Gasteiger partial charge < -0.3 is 4.74 Å². The quantitative estimate of drug-likeness (QED) is 0.794. The van der Waals surface area contributed by atoms with E-state index < -0.39 is 0 Å². The lowest BCUT2D eigenvalue weighted by molar-refractivity contribution is 0.0943. The first-order chi connectivity index (χ1) is 9.11. The van der Waals surface area contributed by atoms with E-state index in [0.717, 1.165) is 12.8 Å². The summed E-state index contributed by atoms with van der Waals surface area (Å²) < 4.78 is 7.68. The lowest BCUT2D eigenvalue weighted by Crippen LogP contribution is -2.29. The normalized spacial score (nSPS) is 27.6. The van der Waals surface area contributed by atoms with Crippen LogP contribution in [0.2, 0.25) is 5.15 Å². The van der Waals surface area contributed by atoms with Crippen molar-refractivity contribution >= 4 is 17.4 Å². The highest BCUT2D eigenvalue weighted by Gasteiger charge is 2.26. The Hall–Kier alpha value is -1.36. The minimum Gasteiger partial charge on any atom is -0.474 e. The molecule has 2 atom stereocenters. The second-order valence-corrected chi connectivity index (χ2v) is 5.93. The van der Waals surface area contributed by atoms with Crippen molar-refractivity contribution in [2.24, 2.45) is 11.8 Å².